The molecule has 0 saturated carbocycles. The van der Waals surface area contributed by atoms with E-state index in [0.717, 1.165) is 26.4 Å². The summed E-state index contributed by atoms with van der Waals surface area (Å²) in [4.78, 5) is 2.44. The molecule has 0 radical (unpaired) electrons. The molecule has 1 aliphatic heterocycles. The van der Waals surface area contributed by atoms with Gasteiger partial charge in [0.1, 0.15) is 0 Å². The van der Waals surface area contributed by atoms with E-state index in [4.69, 9.17) is 9.47 Å². The molecule has 0 aromatic rings. The van der Waals surface area contributed by atoms with E-state index in [1.165, 1.54) is 0 Å². The smallest absolute Gasteiger partial charge is 0.0645 e. The van der Waals surface area contributed by atoms with Crippen molar-refractivity contribution in [3.05, 3.63) is 0 Å². The van der Waals surface area contributed by atoms with E-state index in [1.54, 1.807) is 7.11 Å². The zero-order valence-electron chi connectivity index (χ0n) is 10.2. The average Bonchev–Trinajstić information content (AvgIpc) is 2.22. The Bertz CT molecular complexity index is 126. The number of methoxy groups -OCH3 is 1. The SMILES string of the molecule is CC.COCC1COCCN1C(C)C. The largest absolute Gasteiger partial charge is 0.383 e. The maximum absolute atomic E-state index is 5.39. The van der Waals surface area contributed by atoms with Gasteiger partial charge >= 0.3 is 0 Å². The van der Waals surface area contributed by atoms with E-state index in [9.17, 15) is 0 Å². The molecule has 1 saturated heterocycles. The number of rotatable bonds is 3. The summed E-state index contributed by atoms with van der Waals surface area (Å²) < 4.78 is 10.5. The van der Waals surface area contributed by atoms with Crippen molar-refractivity contribution >= 4 is 0 Å². The lowest BCUT2D eigenvalue weighted by Gasteiger charge is -2.37. The zero-order valence-corrected chi connectivity index (χ0v) is 10.2. The molecule has 0 N–H and O–H groups in total. The fourth-order valence-electron chi connectivity index (χ4n) is 1.68. The summed E-state index contributed by atoms with van der Waals surface area (Å²) in [7, 11) is 1.74. The molecule has 0 spiro atoms. The Balaban J connectivity index is 0.000000791. The Kier molecular flexibility index (Phi) is 8.14. The lowest BCUT2D eigenvalue weighted by molar-refractivity contribution is -0.0478. The highest BCUT2D eigenvalue weighted by molar-refractivity contribution is 4.77. The molecule has 3 heteroatoms. The quantitative estimate of drug-likeness (QED) is 0.698. The maximum atomic E-state index is 5.39. The van der Waals surface area contributed by atoms with Crippen LogP contribution in [0.25, 0.3) is 0 Å². The van der Waals surface area contributed by atoms with E-state index in [2.05, 4.69) is 18.7 Å². The fourth-order valence-corrected chi connectivity index (χ4v) is 1.68. The predicted octanol–water partition coefficient (Wildman–Crippen LogP) is 1.77. The van der Waals surface area contributed by atoms with Crippen LogP contribution in [0.2, 0.25) is 0 Å². The molecule has 1 heterocycles. The van der Waals surface area contributed by atoms with Crippen LogP contribution in [-0.2, 0) is 9.47 Å². The van der Waals surface area contributed by atoms with Gasteiger partial charge in [-0.05, 0) is 13.8 Å². The lowest BCUT2D eigenvalue weighted by atomic mass is 10.2. The van der Waals surface area contributed by atoms with Crippen molar-refractivity contribution in [1.82, 2.24) is 4.90 Å². The summed E-state index contributed by atoms with van der Waals surface area (Å²) in [6.45, 7) is 11.9. The minimum absolute atomic E-state index is 0.448. The van der Waals surface area contributed by atoms with Gasteiger partial charge in [-0.15, -0.1) is 0 Å². The van der Waals surface area contributed by atoms with Crippen LogP contribution in [-0.4, -0.2) is 50.5 Å². The Morgan fingerprint density at radius 1 is 1.43 bits per heavy atom. The van der Waals surface area contributed by atoms with Gasteiger partial charge in [0.25, 0.3) is 0 Å². The topological polar surface area (TPSA) is 21.7 Å². The van der Waals surface area contributed by atoms with Crippen LogP contribution in [0, 0.1) is 0 Å². The van der Waals surface area contributed by atoms with Crippen LogP contribution >= 0.6 is 0 Å². The number of morpholine rings is 1. The van der Waals surface area contributed by atoms with Crippen LogP contribution in [0.3, 0.4) is 0 Å². The predicted molar refractivity (Wildman–Crippen MR) is 59.7 cm³/mol. The van der Waals surface area contributed by atoms with Crippen LogP contribution in [0.5, 0.6) is 0 Å². The second kappa shape index (κ2) is 8.21. The van der Waals surface area contributed by atoms with E-state index in [0.29, 0.717) is 12.1 Å². The third-order valence-corrected chi connectivity index (χ3v) is 2.30. The first-order chi connectivity index (χ1) is 6.75. The van der Waals surface area contributed by atoms with Gasteiger partial charge in [-0.2, -0.15) is 0 Å². The van der Waals surface area contributed by atoms with Gasteiger partial charge in [0.05, 0.1) is 25.9 Å². The molecular weight excluding hydrogens is 178 g/mol. The average molecular weight is 203 g/mol. The Labute approximate surface area is 88.4 Å². The third-order valence-electron chi connectivity index (χ3n) is 2.30. The van der Waals surface area contributed by atoms with E-state index in [1.807, 2.05) is 13.8 Å². The molecule has 14 heavy (non-hydrogen) atoms. The van der Waals surface area contributed by atoms with Crippen molar-refractivity contribution in [2.24, 2.45) is 0 Å². The molecule has 0 bridgehead atoms. The molecule has 0 aromatic carbocycles. The molecule has 1 atom stereocenters. The van der Waals surface area contributed by atoms with Crippen LogP contribution in [0.15, 0.2) is 0 Å². The molecule has 3 nitrogen and oxygen atoms in total. The van der Waals surface area contributed by atoms with Crippen molar-refractivity contribution in [3.8, 4) is 0 Å². The number of hydrogen-bond acceptors (Lipinski definition) is 3. The minimum atomic E-state index is 0.448. The summed E-state index contributed by atoms with van der Waals surface area (Å²) in [6.07, 6.45) is 0. The zero-order chi connectivity index (χ0) is 11.0. The summed E-state index contributed by atoms with van der Waals surface area (Å²) >= 11 is 0. The van der Waals surface area contributed by atoms with Crippen molar-refractivity contribution in [1.29, 1.82) is 0 Å². The van der Waals surface area contributed by atoms with Gasteiger partial charge in [0.15, 0.2) is 0 Å². The van der Waals surface area contributed by atoms with E-state index < -0.39 is 0 Å². The minimum Gasteiger partial charge on any atom is -0.383 e. The highest BCUT2D eigenvalue weighted by Gasteiger charge is 2.24. The summed E-state index contributed by atoms with van der Waals surface area (Å²) in [5.74, 6) is 0. The molecule has 1 rings (SSSR count). The molecule has 0 amide bonds. The van der Waals surface area contributed by atoms with Gasteiger partial charge in [0.2, 0.25) is 0 Å². The molecule has 1 fully saturated rings. The monoisotopic (exact) mass is 203 g/mol. The molecule has 86 valence electrons. The summed E-state index contributed by atoms with van der Waals surface area (Å²) in [6, 6.07) is 1.04. The summed E-state index contributed by atoms with van der Waals surface area (Å²) in [5.41, 5.74) is 0. The van der Waals surface area contributed by atoms with Crippen LogP contribution in [0.4, 0.5) is 0 Å². The number of nitrogens with zero attached hydrogens (tertiary/aromatic N) is 1. The molecule has 0 aliphatic carbocycles. The normalized spacial score (nSPS) is 23.1. The number of hydrogen-bond donors (Lipinski definition) is 0. The van der Waals surface area contributed by atoms with Crippen molar-refractivity contribution in [2.75, 3.05) is 33.5 Å². The van der Waals surface area contributed by atoms with Crippen molar-refractivity contribution in [3.63, 3.8) is 0 Å². The van der Waals surface area contributed by atoms with Gasteiger partial charge in [-0.1, -0.05) is 13.8 Å². The second-order valence-electron chi connectivity index (χ2n) is 3.52. The van der Waals surface area contributed by atoms with Crippen LogP contribution in [0.1, 0.15) is 27.7 Å². The molecule has 1 unspecified atom stereocenters. The van der Waals surface area contributed by atoms with Crippen LogP contribution < -0.4 is 0 Å². The first-order valence-corrected chi connectivity index (χ1v) is 5.58. The Morgan fingerprint density at radius 2 is 2.07 bits per heavy atom. The Morgan fingerprint density at radius 3 is 2.57 bits per heavy atom. The van der Waals surface area contributed by atoms with Crippen molar-refractivity contribution in [2.45, 2.75) is 39.8 Å². The second-order valence-corrected chi connectivity index (χ2v) is 3.52. The highest BCUT2D eigenvalue weighted by Crippen LogP contribution is 2.10. The van der Waals surface area contributed by atoms with Gasteiger partial charge in [-0.3, -0.25) is 4.90 Å². The molecule has 0 aromatic heterocycles. The highest BCUT2D eigenvalue weighted by atomic mass is 16.5. The number of ether oxygens (including phenoxy) is 2. The maximum Gasteiger partial charge on any atom is 0.0645 e. The fraction of sp³-hybridized carbons (Fsp3) is 1.00. The lowest BCUT2D eigenvalue weighted by Crippen LogP contribution is -2.50. The Hall–Kier alpha value is -0.120. The third kappa shape index (κ3) is 4.40. The molecule has 1 aliphatic rings. The first-order valence-electron chi connectivity index (χ1n) is 5.58. The first kappa shape index (κ1) is 13.9. The molecular formula is C11H25NO2. The van der Waals surface area contributed by atoms with E-state index >= 15 is 0 Å². The van der Waals surface area contributed by atoms with E-state index in [-0.39, 0.29) is 0 Å². The van der Waals surface area contributed by atoms with Crippen molar-refractivity contribution < 1.29 is 9.47 Å². The van der Waals surface area contributed by atoms with Gasteiger partial charge in [0, 0.05) is 19.7 Å². The standard InChI is InChI=1S/C9H19NO2.C2H6/c1-8(2)10-4-5-12-7-9(10)6-11-3;1-2/h8-9H,4-7H2,1-3H3;1-2H3. The van der Waals surface area contributed by atoms with Gasteiger partial charge < -0.3 is 9.47 Å². The van der Waals surface area contributed by atoms with Gasteiger partial charge in [-0.25, -0.2) is 0 Å². The summed E-state index contributed by atoms with van der Waals surface area (Å²) in [5, 5.41) is 0.